The largest absolute Gasteiger partial charge is 0.478 e. The van der Waals surface area contributed by atoms with E-state index in [0.717, 1.165) is 11.4 Å². The first kappa shape index (κ1) is 18.9. The fourth-order valence-electron chi connectivity index (χ4n) is 3.68. The van der Waals surface area contributed by atoms with Crippen LogP contribution in [0.4, 0.5) is 0 Å². The Hall–Kier alpha value is -3.44. The van der Waals surface area contributed by atoms with Gasteiger partial charge in [0.2, 0.25) is 0 Å². The highest BCUT2D eigenvalue weighted by Gasteiger charge is 2.32. The van der Waals surface area contributed by atoms with Crippen molar-refractivity contribution in [3.8, 4) is 5.69 Å². The summed E-state index contributed by atoms with van der Waals surface area (Å²) in [5.74, 6) is -1.63. The van der Waals surface area contributed by atoms with Crippen molar-refractivity contribution in [2.45, 2.75) is 13.8 Å². The van der Waals surface area contributed by atoms with E-state index in [0.29, 0.717) is 27.4 Å². The summed E-state index contributed by atoms with van der Waals surface area (Å²) < 4.78 is 1.82. The van der Waals surface area contributed by atoms with Crippen LogP contribution in [0.15, 0.2) is 54.1 Å². The highest BCUT2D eigenvalue weighted by Crippen LogP contribution is 2.31. The first-order valence-electron chi connectivity index (χ1n) is 8.92. The highest BCUT2D eigenvalue weighted by molar-refractivity contribution is 6.41. The number of aryl methyl sites for hydroxylation is 1. The van der Waals surface area contributed by atoms with E-state index in [9.17, 15) is 19.5 Å². The molecule has 1 aromatic heterocycles. The SMILES string of the molecule is Cc1cc(C=C2C(=O)c3ccccc3C2=O)c(C)n1-c1cc(C(=O)O)ccc1Cl. The molecule has 2 aromatic carbocycles. The molecule has 1 aliphatic carbocycles. The quantitative estimate of drug-likeness (QED) is 0.496. The third-order valence-electron chi connectivity index (χ3n) is 5.11. The number of aromatic nitrogens is 1. The van der Waals surface area contributed by atoms with Crippen LogP contribution in [0.25, 0.3) is 11.8 Å². The van der Waals surface area contributed by atoms with Gasteiger partial charge in [0.1, 0.15) is 0 Å². The second kappa shape index (κ2) is 6.87. The molecular formula is C23H16ClNO4. The number of hydrogen-bond acceptors (Lipinski definition) is 3. The number of allylic oxidation sites excluding steroid dienone is 1. The van der Waals surface area contributed by atoms with Gasteiger partial charge < -0.3 is 9.67 Å². The van der Waals surface area contributed by atoms with Crippen LogP contribution in [0.2, 0.25) is 5.02 Å². The molecule has 1 heterocycles. The lowest BCUT2D eigenvalue weighted by Crippen LogP contribution is -2.04. The molecule has 0 saturated heterocycles. The summed E-state index contributed by atoms with van der Waals surface area (Å²) in [5, 5.41) is 9.69. The van der Waals surface area contributed by atoms with Crippen molar-refractivity contribution in [1.29, 1.82) is 0 Å². The van der Waals surface area contributed by atoms with Gasteiger partial charge in [-0.1, -0.05) is 35.9 Å². The van der Waals surface area contributed by atoms with E-state index in [1.54, 1.807) is 30.3 Å². The van der Waals surface area contributed by atoms with Crippen LogP contribution >= 0.6 is 11.6 Å². The summed E-state index contributed by atoms with van der Waals surface area (Å²) in [6, 6.07) is 13.1. The fourth-order valence-corrected chi connectivity index (χ4v) is 3.88. The number of carbonyl (C=O) groups is 3. The molecule has 1 N–H and O–H groups in total. The number of fused-ring (bicyclic) bond motifs is 1. The smallest absolute Gasteiger partial charge is 0.335 e. The van der Waals surface area contributed by atoms with Crippen LogP contribution in [0.5, 0.6) is 0 Å². The molecule has 0 amide bonds. The number of benzene rings is 2. The molecule has 1 aliphatic rings. The lowest BCUT2D eigenvalue weighted by Gasteiger charge is -2.12. The van der Waals surface area contributed by atoms with Crippen LogP contribution in [-0.2, 0) is 0 Å². The summed E-state index contributed by atoms with van der Waals surface area (Å²) in [7, 11) is 0. The number of Topliss-reactive ketones (excluding diaryl/α,β-unsaturated/α-hetero) is 2. The van der Waals surface area contributed by atoms with Crippen LogP contribution in [-0.4, -0.2) is 27.2 Å². The average molecular weight is 406 g/mol. The maximum Gasteiger partial charge on any atom is 0.335 e. The van der Waals surface area contributed by atoms with Crippen molar-refractivity contribution in [3.63, 3.8) is 0 Å². The van der Waals surface area contributed by atoms with E-state index in [4.69, 9.17) is 11.6 Å². The third-order valence-corrected chi connectivity index (χ3v) is 5.43. The molecule has 0 spiro atoms. The number of carbonyl (C=O) groups excluding carboxylic acids is 2. The zero-order valence-corrected chi connectivity index (χ0v) is 16.4. The van der Waals surface area contributed by atoms with Gasteiger partial charge in [-0.05, 0) is 49.8 Å². The molecule has 0 saturated carbocycles. The van der Waals surface area contributed by atoms with Crippen molar-refractivity contribution in [2.24, 2.45) is 0 Å². The Morgan fingerprint density at radius 1 is 1.00 bits per heavy atom. The number of rotatable bonds is 3. The molecule has 0 atom stereocenters. The maximum absolute atomic E-state index is 12.7. The van der Waals surface area contributed by atoms with E-state index < -0.39 is 5.97 Å². The average Bonchev–Trinajstić information content (AvgIpc) is 3.10. The van der Waals surface area contributed by atoms with Crippen molar-refractivity contribution in [1.82, 2.24) is 4.57 Å². The maximum atomic E-state index is 12.7. The number of halogens is 1. The molecule has 4 rings (SSSR count). The molecule has 0 aliphatic heterocycles. The molecular weight excluding hydrogens is 390 g/mol. The normalized spacial score (nSPS) is 13.0. The number of carboxylic acid groups (broad SMARTS) is 1. The number of hydrogen-bond donors (Lipinski definition) is 1. The zero-order chi connectivity index (χ0) is 20.9. The minimum atomic E-state index is -1.05. The Morgan fingerprint density at radius 3 is 2.21 bits per heavy atom. The predicted octanol–water partition coefficient (Wildman–Crippen LogP) is 4.91. The third kappa shape index (κ3) is 3.00. The monoisotopic (exact) mass is 405 g/mol. The Morgan fingerprint density at radius 2 is 1.62 bits per heavy atom. The predicted molar refractivity (Wildman–Crippen MR) is 110 cm³/mol. The van der Waals surface area contributed by atoms with Gasteiger partial charge in [0.25, 0.3) is 0 Å². The van der Waals surface area contributed by atoms with Gasteiger partial charge in [0.05, 0.1) is 21.8 Å². The van der Waals surface area contributed by atoms with E-state index in [2.05, 4.69) is 0 Å². The zero-order valence-electron chi connectivity index (χ0n) is 15.7. The first-order chi connectivity index (χ1) is 13.8. The summed E-state index contributed by atoms with van der Waals surface area (Å²) in [6.45, 7) is 3.69. The fraction of sp³-hybridized carbons (Fsp3) is 0.0870. The first-order valence-corrected chi connectivity index (χ1v) is 9.29. The lowest BCUT2D eigenvalue weighted by molar-refractivity contribution is 0.0696. The van der Waals surface area contributed by atoms with Crippen molar-refractivity contribution < 1.29 is 19.5 Å². The topological polar surface area (TPSA) is 76.4 Å². The molecule has 0 unspecified atom stereocenters. The molecule has 0 fully saturated rings. The Labute approximate surface area is 171 Å². The molecule has 6 heteroatoms. The number of aromatic carboxylic acids is 1. The van der Waals surface area contributed by atoms with E-state index in [-0.39, 0.29) is 22.7 Å². The molecule has 5 nitrogen and oxygen atoms in total. The Kier molecular flexibility index (Phi) is 4.47. The summed E-state index contributed by atoms with van der Waals surface area (Å²) >= 11 is 6.33. The summed E-state index contributed by atoms with van der Waals surface area (Å²) in [4.78, 5) is 36.7. The molecule has 0 radical (unpaired) electrons. The lowest BCUT2D eigenvalue weighted by atomic mass is 10.1. The van der Waals surface area contributed by atoms with Gasteiger partial charge in [-0.3, -0.25) is 9.59 Å². The minimum absolute atomic E-state index is 0.119. The summed E-state index contributed by atoms with van der Waals surface area (Å²) in [5.41, 5.74) is 3.84. The second-order valence-electron chi connectivity index (χ2n) is 6.90. The van der Waals surface area contributed by atoms with Gasteiger partial charge in [0.15, 0.2) is 11.6 Å². The van der Waals surface area contributed by atoms with Crippen molar-refractivity contribution in [3.05, 3.63) is 92.8 Å². The van der Waals surface area contributed by atoms with E-state index in [1.807, 2.05) is 24.5 Å². The Balaban J connectivity index is 1.84. The van der Waals surface area contributed by atoms with Gasteiger partial charge in [-0.15, -0.1) is 0 Å². The minimum Gasteiger partial charge on any atom is -0.478 e. The second-order valence-corrected chi connectivity index (χ2v) is 7.30. The number of ketones is 2. The van der Waals surface area contributed by atoms with Gasteiger partial charge in [0, 0.05) is 22.5 Å². The van der Waals surface area contributed by atoms with Crippen LogP contribution in [0.3, 0.4) is 0 Å². The van der Waals surface area contributed by atoms with Crippen molar-refractivity contribution >= 4 is 35.2 Å². The Bertz CT molecular complexity index is 1210. The van der Waals surface area contributed by atoms with Crippen LogP contribution in [0.1, 0.15) is 48.0 Å². The highest BCUT2D eigenvalue weighted by atomic mass is 35.5. The van der Waals surface area contributed by atoms with Crippen molar-refractivity contribution in [2.75, 3.05) is 0 Å². The van der Waals surface area contributed by atoms with E-state index >= 15 is 0 Å². The molecule has 29 heavy (non-hydrogen) atoms. The van der Waals surface area contributed by atoms with Gasteiger partial charge in [-0.2, -0.15) is 0 Å². The van der Waals surface area contributed by atoms with Gasteiger partial charge in [-0.25, -0.2) is 4.79 Å². The van der Waals surface area contributed by atoms with Gasteiger partial charge >= 0.3 is 5.97 Å². The molecule has 0 bridgehead atoms. The van der Waals surface area contributed by atoms with Crippen LogP contribution in [0, 0.1) is 13.8 Å². The number of carboxylic acids is 1. The van der Waals surface area contributed by atoms with E-state index in [1.165, 1.54) is 18.2 Å². The standard InChI is InChI=1S/C23H16ClNO4/c1-12-9-15(10-18-21(26)16-5-3-4-6-17(16)22(18)27)13(2)25(12)20-11-14(23(28)29)7-8-19(20)24/h3-11H,1-2H3,(H,28,29). The molecule has 3 aromatic rings. The number of nitrogens with zero attached hydrogens (tertiary/aromatic N) is 1. The van der Waals surface area contributed by atoms with Crippen LogP contribution < -0.4 is 0 Å². The molecule has 144 valence electrons. The summed E-state index contributed by atoms with van der Waals surface area (Å²) in [6.07, 6.45) is 1.60.